The standard InChI is InChI=1S/C20H22O5/c1-13-10-15(18(24-4)12-17(13)23-3)11-19(25-5)20(21)14-6-8-16(22-2)9-7-14/h6-12H,1-5H3. The maximum atomic E-state index is 12.7. The first-order chi connectivity index (χ1) is 12.0. The monoisotopic (exact) mass is 342 g/mol. The van der Waals surface area contributed by atoms with Gasteiger partial charge in [0.05, 0.1) is 28.4 Å². The van der Waals surface area contributed by atoms with Crippen molar-refractivity contribution in [3.8, 4) is 17.2 Å². The average molecular weight is 342 g/mol. The molecule has 132 valence electrons. The molecule has 0 aliphatic heterocycles. The van der Waals surface area contributed by atoms with Crippen LogP contribution in [0.5, 0.6) is 17.2 Å². The number of aryl methyl sites for hydroxylation is 1. The number of benzene rings is 2. The van der Waals surface area contributed by atoms with E-state index in [0.717, 1.165) is 16.9 Å². The number of hydrogen-bond donors (Lipinski definition) is 0. The fourth-order valence-electron chi connectivity index (χ4n) is 2.44. The molecule has 2 aromatic carbocycles. The molecule has 0 fully saturated rings. The Labute approximate surface area is 147 Å². The van der Waals surface area contributed by atoms with E-state index in [1.807, 2.05) is 13.0 Å². The summed E-state index contributed by atoms with van der Waals surface area (Å²) in [6.07, 6.45) is 1.66. The predicted octanol–water partition coefficient (Wildman–Crippen LogP) is 3.89. The van der Waals surface area contributed by atoms with Crippen LogP contribution in [0.1, 0.15) is 21.5 Å². The molecule has 0 saturated carbocycles. The van der Waals surface area contributed by atoms with Crippen LogP contribution in [0.25, 0.3) is 6.08 Å². The number of allylic oxidation sites excluding steroid dienone is 1. The predicted molar refractivity (Wildman–Crippen MR) is 96.6 cm³/mol. The van der Waals surface area contributed by atoms with Gasteiger partial charge in [0.1, 0.15) is 17.2 Å². The number of hydrogen-bond acceptors (Lipinski definition) is 5. The summed E-state index contributed by atoms with van der Waals surface area (Å²) in [6.45, 7) is 1.92. The minimum Gasteiger partial charge on any atom is -0.497 e. The van der Waals surface area contributed by atoms with Crippen molar-refractivity contribution < 1.29 is 23.7 Å². The lowest BCUT2D eigenvalue weighted by atomic mass is 10.0. The van der Waals surface area contributed by atoms with E-state index in [2.05, 4.69) is 0 Å². The Hall–Kier alpha value is -2.95. The number of rotatable bonds is 7. The van der Waals surface area contributed by atoms with Crippen LogP contribution in [0.15, 0.2) is 42.2 Å². The first kappa shape index (κ1) is 18.4. The molecule has 0 spiro atoms. The van der Waals surface area contributed by atoms with Crippen LogP contribution in [-0.2, 0) is 4.74 Å². The summed E-state index contributed by atoms with van der Waals surface area (Å²) >= 11 is 0. The zero-order valence-electron chi connectivity index (χ0n) is 15.1. The fraction of sp³-hybridized carbons (Fsp3) is 0.250. The van der Waals surface area contributed by atoms with Crippen LogP contribution >= 0.6 is 0 Å². The molecule has 2 rings (SSSR count). The topological polar surface area (TPSA) is 54.0 Å². The van der Waals surface area contributed by atoms with Gasteiger partial charge in [-0.05, 0) is 48.9 Å². The van der Waals surface area contributed by atoms with E-state index in [1.54, 1.807) is 57.7 Å². The highest BCUT2D eigenvalue weighted by atomic mass is 16.5. The smallest absolute Gasteiger partial charge is 0.227 e. The van der Waals surface area contributed by atoms with Gasteiger partial charge in [0.15, 0.2) is 5.76 Å². The van der Waals surface area contributed by atoms with E-state index in [4.69, 9.17) is 18.9 Å². The first-order valence-electron chi connectivity index (χ1n) is 7.71. The molecule has 0 atom stereocenters. The van der Waals surface area contributed by atoms with Crippen molar-refractivity contribution in [3.05, 3.63) is 58.8 Å². The van der Waals surface area contributed by atoms with Gasteiger partial charge in [-0.1, -0.05) is 0 Å². The van der Waals surface area contributed by atoms with Crippen molar-refractivity contribution in [2.24, 2.45) is 0 Å². The Morgan fingerprint density at radius 3 is 2.04 bits per heavy atom. The first-order valence-corrected chi connectivity index (χ1v) is 7.71. The molecular weight excluding hydrogens is 320 g/mol. The third kappa shape index (κ3) is 4.12. The molecule has 2 aromatic rings. The van der Waals surface area contributed by atoms with Gasteiger partial charge < -0.3 is 18.9 Å². The van der Waals surface area contributed by atoms with Gasteiger partial charge in [-0.3, -0.25) is 4.79 Å². The lowest BCUT2D eigenvalue weighted by Crippen LogP contribution is -2.05. The zero-order valence-corrected chi connectivity index (χ0v) is 15.1. The number of ether oxygens (including phenoxy) is 4. The van der Waals surface area contributed by atoms with E-state index >= 15 is 0 Å². The molecule has 0 heterocycles. The van der Waals surface area contributed by atoms with Gasteiger partial charge in [0, 0.05) is 17.2 Å². The zero-order chi connectivity index (χ0) is 18.4. The minimum atomic E-state index is -0.222. The molecule has 5 heteroatoms. The second-order valence-electron chi connectivity index (χ2n) is 5.33. The third-order valence-electron chi connectivity index (χ3n) is 3.83. The second kappa shape index (κ2) is 8.24. The summed E-state index contributed by atoms with van der Waals surface area (Å²) in [4.78, 5) is 12.7. The van der Waals surface area contributed by atoms with Crippen LogP contribution < -0.4 is 14.2 Å². The number of methoxy groups -OCH3 is 4. The van der Waals surface area contributed by atoms with Crippen LogP contribution in [0, 0.1) is 6.92 Å². The number of Topliss-reactive ketones (excluding diaryl/α,β-unsaturated/α-hetero) is 1. The molecule has 0 aliphatic rings. The Morgan fingerprint density at radius 2 is 1.52 bits per heavy atom. The van der Waals surface area contributed by atoms with E-state index in [-0.39, 0.29) is 11.5 Å². The van der Waals surface area contributed by atoms with Crippen molar-refractivity contribution in [2.75, 3.05) is 28.4 Å². The van der Waals surface area contributed by atoms with Crippen molar-refractivity contribution in [3.63, 3.8) is 0 Å². The molecule has 0 N–H and O–H groups in total. The van der Waals surface area contributed by atoms with Gasteiger partial charge in [-0.2, -0.15) is 0 Å². The summed E-state index contributed by atoms with van der Waals surface area (Å²) in [7, 11) is 6.22. The Balaban J connectivity index is 2.42. The van der Waals surface area contributed by atoms with Crippen molar-refractivity contribution >= 4 is 11.9 Å². The van der Waals surface area contributed by atoms with Gasteiger partial charge in [-0.25, -0.2) is 0 Å². The Morgan fingerprint density at radius 1 is 0.880 bits per heavy atom. The molecule has 0 radical (unpaired) electrons. The summed E-state index contributed by atoms with van der Waals surface area (Å²) < 4.78 is 21.1. The minimum absolute atomic E-state index is 0.216. The highest BCUT2D eigenvalue weighted by Gasteiger charge is 2.15. The summed E-state index contributed by atoms with van der Waals surface area (Å²) in [5, 5.41) is 0. The average Bonchev–Trinajstić information content (AvgIpc) is 2.65. The van der Waals surface area contributed by atoms with Gasteiger partial charge in [0.25, 0.3) is 0 Å². The quantitative estimate of drug-likeness (QED) is 0.434. The number of carbonyl (C=O) groups excluding carboxylic acids is 1. The summed E-state index contributed by atoms with van der Waals surface area (Å²) in [6, 6.07) is 10.5. The van der Waals surface area contributed by atoms with Crippen LogP contribution in [-0.4, -0.2) is 34.2 Å². The molecule has 0 aromatic heterocycles. The SMILES string of the molecule is COC(=Cc1cc(C)c(OC)cc1OC)C(=O)c1ccc(OC)cc1. The number of carbonyl (C=O) groups is 1. The highest BCUT2D eigenvalue weighted by molar-refractivity contribution is 6.10. The van der Waals surface area contributed by atoms with Gasteiger partial charge >= 0.3 is 0 Å². The van der Waals surface area contributed by atoms with E-state index in [0.29, 0.717) is 17.1 Å². The number of ketones is 1. The van der Waals surface area contributed by atoms with Crippen LogP contribution in [0.4, 0.5) is 0 Å². The third-order valence-corrected chi connectivity index (χ3v) is 3.83. The van der Waals surface area contributed by atoms with Crippen molar-refractivity contribution in [2.45, 2.75) is 6.92 Å². The maximum Gasteiger partial charge on any atom is 0.227 e. The summed E-state index contributed by atoms with van der Waals surface area (Å²) in [5.41, 5.74) is 2.18. The molecule has 0 bridgehead atoms. The van der Waals surface area contributed by atoms with Gasteiger partial charge in [-0.15, -0.1) is 0 Å². The van der Waals surface area contributed by atoms with Crippen molar-refractivity contribution in [1.82, 2.24) is 0 Å². The molecule has 5 nitrogen and oxygen atoms in total. The molecule has 0 saturated heterocycles. The molecule has 0 amide bonds. The summed E-state index contributed by atoms with van der Waals surface area (Å²) in [5.74, 6) is 2.00. The normalized spacial score (nSPS) is 11.0. The van der Waals surface area contributed by atoms with Crippen LogP contribution in [0.3, 0.4) is 0 Å². The lowest BCUT2D eigenvalue weighted by molar-refractivity contribution is 0.0957. The molecule has 0 unspecified atom stereocenters. The van der Waals surface area contributed by atoms with E-state index in [9.17, 15) is 4.79 Å². The van der Waals surface area contributed by atoms with E-state index in [1.165, 1.54) is 7.11 Å². The maximum absolute atomic E-state index is 12.7. The Bertz CT molecular complexity index is 775. The largest absolute Gasteiger partial charge is 0.497 e. The highest BCUT2D eigenvalue weighted by Crippen LogP contribution is 2.30. The molecule has 0 aliphatic carbocycles. The van der Waals surface area contributed by atoms with Gasteiger partial charge in [0.2, 0.25) is 5.78 Å². The van der Waals surface area contributed by atoms with E-state index < -0.39 is 0 Å². The van der Waals surface area contributed by atoms with Crippen molar-refractivity contribution in [1.29, 1.82) is 0 Å². The molecular formula is C20H22O5. The lowest BCUT2D eigenvalue weighted by Gasteiger charge is -2.12. The van der Waals surface area contributed by atoms with Crippen LogP contribution in [0.2, 0.25) is 0 Å². The second-order valence-corrected chi connectivity index (χ2v) is 5.33. The molecule has 25 heavy (non-hydrogen) atoms. The Kier molecular flexibility index (Phi) is 6.06. The fourth-order valence-corrected chi connectivity index (χ4v) is 2.44.